The van der Waals surface area contributed by atoms with E-state index in [0.29, 0.717) is 5.69 Å². The fourth-order valence-corrected chi connectivity index (χ4v) is 2.22. The summed E-state index contributed by atoms with van der Waals surface area (Å²) in [4.78, 5) is 23.8. The first-order valence-corrected chi connectivity index (χ1v) is 7.28. The maximum atomic E-state index is 12.0. The molecule has 0 fully saturated rings. The molecule has 2 aromatic rings. The summed E-state index contributed by atoms with van der Waals surface area (Å²) in [6.07, 6.45) is 0. The van der Waals surface area contributed by atoms with E-state index in [0.717, 1.165) is 16.7 Å². The molecular formula is C17H20N2O3. The molecule has 0 N–H and O–H groups in total. The predicted octanol–water partition coefficient (Wildman–Crippen LogP) is 2.65. The average Bonchev–Trinajstić information content (AvgIpc) is 2.50. The lowest BCUT2D eigenvalue weighted by atomic mass is 10.0. The Morgan fingerprint density at radius 3 is 2.68 bits per heavy atom. The van der Waals surface area contributed by atoms with Gasteiger partial charge in [0.25, 0.3) is 5.56 Å². The van der Waals surface area contributed by atoms with Gasteiger partial charge in [-0.1, -0.05) is 17.7 Å². The third-order valence-corrected chi connectivity index (χ3v) is 3.49. The number of carbonyl (C=O) groups is 1. The van der Waals surface area contributed by atoms with Crippen LogP contribution in [0, 0.1) is 13.8 Å². The Morgan fingerprint density at radius 1 is 1.27 bits per heavy atom. The number of esters is 1. The van der Waals surface area contributed by atoms with Crippen LogP contribution in [0.4, 0.5) is 0 Å². The van der Waals surface area contributed by atoms with Gasteiger partial charge < -0.3 is 4.74 Å². The third kappa shape index (κ3) is 3.24. The minimum atomic E-state index is -0.752. The standard InChI is InChI=1S/C17H20N2O3/c1-5-22-17(21)13(4)19-16(20)9-8-15(18-19)14-10-11(2)6-7-12(14)3/h6-10,13H,5H2,1-4H3/t13-/m1/s1. The molecule has 0 aliphatic carbocycles. The number of rotatable bonds is 4. The molecule has 1 atom stereocenters. The van der Waals surface area contributed by atoms with E-state index >= 15 is 0 Å². The van der Waals surface area contributed by atoms with Crippen LogP contribution in [0.2, 0.25) is 0 Å². The Bertz CT molecular complexity index is 750. The summed E-state index contributed by atoms with van der Waals surface area (Å²) in [6, 6.07) is 8.41. The Hall–Kier alpha value is -2.43. The number of aromatic nitrogens is 2. The van der Waals surface area contributed by atoms with Crippen molar-refractivity contribution in [1.82, 2.24) is 9.78 Å². The molecule has 22 heavy (non-hydrogen) atoms. The second-order valence-electron chi connectivity index (χ2n) is 5.25. The molecule has 2 rings (SSSR count). The third-order valence-electron chi connectivity index (χ3n) is 3.49. The first-order valence-electron chi connectivity index (χ1n) is 7.28. The van der Waals surface area contributed by atoms with E-state index in [1.165, 1.54) is 10.7 Å². The highest BCUT2D eigenvalue weighted by Crippen LogP contribution is 2.22. The van der Waals surface area contributed by atoms with Crippen LogP contribution in [0.1, 0.15) is 31.0 Å². The smallest absolute Gasteiger partial charge is 0.330 e. The van der Waals surface area contributed by atoms with Crippen molar-refractivity contribution in [3.63, 3.8) is 0 Å². The number of ether oxygens (including phenoxy) is 1. The highest BCUT2D eigenvalue weighted by atomic mass is 16.5. The van der Waals surface area contributed by atoms with Crippen LogP contribution in [0.25, 0.3) is 11.3 Å². The number of aryl methyl sites for hydroxylation is 2. The van der Waals surface area contributed by atoms with E-state index in [2.05, 4.69) is 5.10 Å². The van der Waals surface area contributed by atoms with Crippen LogP contribution >= 0.6 is 0 Å². The van der Waals surface area contributed by atoms with Gasteiger partial charge in [0.15, 0.2) is 6.04 Å². The molecular weight excluding hydrogens is 280 g/mol. The van der Waals surface area contributed by atoms with Crippen LogP contribution < -0.4 is 5.56 Å². The van der Waals surface area contributed by atoms with Crippen LogP contribution in [-0.2, 0) is 9.53 Å². The topological polar surface area (TPSA) is 61.2 Å². The van der Waals surface area contributed by atoms with Crippen LogP contribution in [-0.4, -0.2) is 22.4 Å². The van der Waals surface area contributed by atoms with Gasteiger partial charge in [0.1, 0.15) is 0 Å². The summed E-state index contributed by atoms with van der Waals surface area (Å²) in [5, 5.41) is 4.35. The summed E-state index contributed by atoms with van der Waals surface area (Å²) in [5.74, 6) is -0.463. The normalized spacial score (nSPS) is 12.0. The van der Waals surface area contributed by atoms with E-state index in [-0.39, 0.29) is 12.2 Å². The molecule has 0 unspecified atom stereocenters. The predicted molar refractivity (Wildman–Crippen MR) is 84.8 cm³/mol. The second kappa shape index (κ2) is 6.56. The molecule has 5 nitrogen and oxygen atoms in total. The highest BCUT2D eigenvalue weighted by Gasteiger charge is 2.19. The minimum absolute atomic E-state index is 0.272. The molecule has 5 heteroatoms. The fraction of sp³-hybridized carbons (Fsp3) is 0.353. The quantitative estimate of drug-likeness (QED) is 0.814. The Balaban J connectivity index is 2.49. The number of hydrogen-bond donors (Lipinski definition) is 0. The van der Waals surface area contributed by atoms with E-state index in [4.69, 9.17) is 4.74 Å². The van der Waals surface area contributed by atoms with Crippen molar-refractivity contribution in [3.05, 3.63) is 51.8 Å². The first-order chi connectivity index (χ1) is 10.4. The molecule has 0 saturated carbocycles. The molecule has 0 radical (unpaired) electrons. The number of carbonyl (C=O) groups excluding carboxylic acids is 1. The molecule has 1 aromatic heterocycles. The van der Waals surface area contributed by atoms with Crippen molar-refractivity contribution in [1.29, 1.82) is 0 Å². The van der Waals surface area contributed by atoms with Crippen molar-refractivity contribution in [2.24, 2.45) is 0 Å². The zero-order valence-corrected chi connectivity index (χ0v) is 13.3. The lowest BCUT2D eigenvalue weighted by molar-refractivity contribution is -0.147. The van der Waals surface area contributed by atoms with Crippen molar-refractivity contribution < 1.29 is 9.53 Å². The molecule has 0 aliphatic heterocycles. The summed E-state index contributed by atoms with van der Waals surface area (Å²) >= 11 is 0. The van der Waals surface area contributed by atoms with Crippen LogP contribution in [0.3, 0.4) is 0 Å². The molecule has 1 aromatic carbocycles. The minimum Gasteiger partial charge on any atom is -0.464 e. The molecule has 0 spiro atoms. The van der Waals surface area contributed by atoms with Gasteiger partial charge in [0, 0.05) is 11.6 Å². The van der Waals surface area contributed by atoms with Crippen molar-refractivity contribution in [2.45, 2.75) is 33.7 Å². The van der Waals surface area contributed by atoms with Gasteiger partial charge in [0.05, 0.1) is 12.3 Å². The Morgan fingerprint density at radius 2 is 2.00 bits per heavy atom. The molecule has 0 aliphatic rings. The van der Waals surface area contributed by atoms with Crippen LogP contribution in [0.5, 0.6) is 0 Å². The zero-order chi connectivity index (χ0) is 16.3. The van der Waals surface area contributed by atoms with E-state index in [1.54, 1.807) is 19.9 Å². The van der Waals surface area contributed by atoms with Crippen molar-refractivity contribution >= 4 is 5.97 Å². The maximum absolute atomic E-state index is 12.0. The lowest BCUT2D eigenvalue weighted by Gasteiger charge is -2.14. The highest BCUT2D eigenvalue weighted by molar-refractivity contribution is 5.73. The molecule has 0 bridgehead atoms. The lowest BCUT2D eigenvalue weighted by Crippen LogP contribution is -2.31. The number of nitrogens with zero attached hydrogens (tertiary/aromatic N) is 2. The summed E-state index contributed by atoms with van der Waals surface area (Å²) in [6.45, 7) is 7.60. The van der Waals surface area contributed by atoms with E-state index < -0.39 is 12.0 Å². The number of hydrogen-bond acceptors (Lipinski definition) is 4. The maximum Gasteiger partial charge on any atom is 0.330 e. The molecule has 116 valence electrons. The average molecular weight is 300 g/mol. The first kappa shape index (κ1) is 15.9. The van der Waals surface area contributed by atoms with Gasteiger partial charge in [-0.15, -0.1) is 0 Å². The summed E-state index contributed by atoms with van der Waals surface area (Å²) in [5.41, 5.74) is 3.46. The van der Waals surface area contributed by atoms with Crippen molar-refractivity contribution in [3.8, 4) is 11.3 Å². The summed E-state index contributed by atoms with van der Waals surface area (Å²) in [7, 11) is 0. The molecule has 0 saturated heterocycles. The fourth-order valence-electron chi connectivity index (χ4n) is 2.22. The monoisotopic (exact) mass is 300 g/mol. The summed E-state index contributed by atoms with van der Waals surface area (Å²) < 4.78 is 6.14. The van der Waals surface area contributed by atoms with Gasteiger partial charge in [0.2, 0.25) is 0 Å². The van der Waals surface area contributed by atoms with Crippen LogP contribution in [0.15, 0.2) is 35.1 Å². The van der Waals surface area contributed by atoms with Gasteiger partial charge >= 0.3 is 5.97 Å². The number of benzene rings is 1. The van der Waals surface area contributed by atoms with Gasteiger partial charge in [-0.2, -0.15) is 5.10 Å². The van der Waals surface area contributed by atoms with Gasteiger partial charge in [-0.25, -0.2) is 9.48 Å². The Labute approximate surface area is 129 Å². The Kier molecular flexibility index (Phi) is 4.75. The second-order valence-corrected chi connectivity index (χ2v) is 5.25. The SMILES string of the molecule is CCOC(=O)[C@@H](C)n1nc(-c2cc(C)ccc2C)ccc1=O. The van der Waals surface area contributed by atoms with Gasteiger partial charge in [-0.3, -0.25) is 4.79 Å². The van der Waals surface area contributed by atoms with Crippen molar-refractivity contribution in [2.75, 3.05) is 6.61 Å². The largest absolute Gasteiger partial charge is 0.464 e. The van der Waals surface area contributed by atoms with Gasteiger partial charge in [-0.05, 0) is 45.4 Å². The zero-order valence-electron chi connectivity index (χ0n) is 13.3. The molecule has 0 amide bonds. The molecule has 1 heterocycles. The van der Waals surface area contributed by atoms with E-state index in [9.17, 15) is 9.59 Å². The van der Waals surface area contributed by atoms with E-state index in [1.807, 2.05) is 32.0 Å².